The molecule has 0 aliphatic carbocycles. The summed E-state index contributed by atoms with van der Waals surface area (Å²) in [5.41, 5.74) is 1.68. The Morgan fingerprint density at radius 2 is 1.88 bits per heavy atom. The highest BCUT2D eigenvalue weighted by molar-refractivity contribution is 6.32. The van der Waals surface area contributed by atoms with Gasteiger partial charge in [0.15, 0.2) is 0 Å². The summed E-state index contributed by atoms with van der Waals surface area (Å²) in [6, 6.07) is 10.1. The van der Waals surface area contributed by atoms with Crippen LogP contribution >= 0.6 is 11.6 Å². The Morgan fingerprint density at radius 3 is 2.54 bits per heavy atom. The zero-order valence-electron chi connectivity index (χ0n) is 13.1. The lowest BCUT2D eigenvalue weighted by Gasteiger charge is -2.08. The van der Waals surface area contributed by atoms with Gasteiger partial charge in [-0.25, -0.2) is 0 Å². The number of aromatic nitrogens is 1. The Hall–Kier alpha value is -2.79. The van der Waals surface area contributed by atoms with Crippen LogP contribution in [0.3, 0.4) is 0 Å². The van der Waals surface area contributed by atoms with Crippen molar-refractivity contribution >= 4 is 34.1 Å². The lowest BCUT2D eigenvalue weighted by Crippen LogP contribution is -2.22. The first-order chi connectivity index (χ1) is 11.5. The van der Waals surface area contributed by atoms with Crippen molar-refractivity contribution in [2.75, 3.05) is 12.4 Å². The number of aromatic amines is 1. The number of fused-ring (bicyclic) bond motifs is 1. The Kier molecular flexibility index (Phi) is 4.27. The van der Waals surface area contributed by atoms with E-state index in [4.69, 9.17) is 16.3 Å². The average molecular weight is 343 g/mol. The van der Waals surface area contributed by atoms with E-state index < -0.39 is 5.91 Å². The Bertz CT molecular complexity index is 978. The lowest BCUT2D eigenvalue weighted by atomic mass is 10.1. The molecule has 24 heavy (non-hydrogen) atoms. The van der Waals surface area contributed by atoms with Crippen LogP contribution in [0.15, 0.2) is 47.4 Å². The number of carbonyl (C=O) groups is 1. The fourth-order valence-electron chi connectivity index (χ4n) is 2.46. The molecule has 1 amide bonds. The molecule has 2 N–H and O–H groups in total. The number of nitrogens with one attached hydrogen (secondary N) is 2. The normalized spacial score (nSPS) is 10.6. The summed E-state index contributed by atoms with van der Waals surface area (Å²) in [7, 11) is 1.57. The van der Waals surface area contributed by atoms with Crippen molar-refractivity contribution in [3.63, 3.8) is 0 Å². The Labute approximate surface area is 143 Å². The van der Waals surface area contributed by atoms with Gasteiger partial charge in [0.1, 0.15) is 11.3 Å². The monoisotopic (exact) mass is 342 g/mol. The van der Waals surface area contributed by atoms with Crippen LogP contribution in [0.25, 0.3) is 10.9 Å². The summed E-state index contributed by atoms with van der Waals surface area (Å²) in [6.07, 6.45) is 1.41. The zero-order chi connectivity index (χ0) is 17.3. The van der Waals surface area contributed by atoms with Gasteiger partial charge in [-0.1, -0.05) is 11.6 Å². The number of H-pyrrole nitrogens is 1. The molecule has 6 heteroatoms. The van der Waals surface area contributed by atoms with Gasteiger partial charge in [-0.3, -0.25) is 9.59 Å². The number of pyridine rings is 1. The van der Waals surface area contributed by atoms with Crippen molar-refractivity contribution < 1.29 is 9.53 Å². The third kappa shape index (κ3) is 2.86. The van der Waals surface area contributed by atoms with E-state index in [1.54, 1.807) is 43.5 Å². The molecule has 0 radical (unpaired) electrons. The molecule has 0 bridgehead atoms. The Morgan fingerprint density at radius 1 is 1.17 bits per heavy atom. The molecule has 0 spiro atoms. The van der Waals surface area contributed by atoms with Gasteiger partial charge in [-0.05, 0) is 48.9 Å². The minimum atomic E-state index is -0.476. The van der Waals surface area contributed by atoms with Gasteiger partial charge in [-0.15, -0.1) is 0 Å². The second-order valence-electron chi connectivity index (χ2n) is 5.31. The number of methoxy groups -OCH3 is 1. The van der Waals surface area contributed by atoms with Gasteiger partial charge in [-0.2, -0.15) is 0 Å². The van der Waals surface area contributed by atoms with Crippen LogP contribution in [0.5, 0.6) is 5.75 Å². The summed E-state index contributed by atoms with van der Waals surface area (Å²) >= 11 is 6.06. The van der Waals surface area contributed by atoms with E-state index in [0.29, 0.717) is 27.4 Å². The standard InChI is InChI=1S/C18H15ClN2O3/c1-10-15(19)8-7-13-16(10)20-9-14(17(13)22)18(23)21-11-3-5-12(24-2)6-4-11/h3-9H,1-2H3,(H,20,22)(H,21,23). The number of halogens is 1. The summed E-state index contributed by atoms with van der Waals surface area (Å²) in [6.45, 7) is 1.82. The molecule has 0 atom stereocenters. The van der Waals surface area contributed by atoms with Gasteiger partial charge < -0.3 is 15.0 Å². The van der Waals surface area contributed by atoms with Crippen LogP contribution in [-0.2, 0) is 0 Å². The molecule has 122 valence electrons. The van der Waals surface area contributed by atoms with E-state index in [2.05, 4.69) is 10.3 Å². The molecular weight excluding hydrogens is 328 g/mol. The molecule has 1 heterocycles. The average Bonchev–Trinajstić information content (AvgIpc) is 2.59. The Balaban J connectivity index is 1.96. The SMILES string of the molecule is COc1ccc(NC(=O)c2c[nH]c3c(C)c(Cl)ccc3c2=O)cc1. The van der Waals surface area contributed by atoms with E-state index in [0.717, 1.165) is 5.56 Å². The van der Waals surface area contributed by atoms with Gasteiger partial charge in [0.2, 0.25) is 5.43 Å². The maximum atomic E-state index is 12.6. The topological polar surface area (TPSA) is 71.2 Å². The van der Waals surface area contributed by atoms with E-state index in [9.17, 15) is 9.59 Å². The van der Waals surface area contributed by atoms with E-state index in [-0.39, 0.29) is 11.0 Å². The number of rotatable bonds is 3. The first-order valence-corrected chi connectivity index (χ1v) is 7.65. The summed E-state index contributed by atoms with van der Waals surface area (Å²) in [5, 5.41) is 3.69. The van der Waals surface area contributed by atoms with Crippen molar-refractivity contribution in [1.29, 1.82) is 0 Å². The molecule has 0 aliphatic rings. The maximum Gasteiger partial charge on any atom is 0.261 e. The van der Waals surface area contributed by atoms with Crippen LogP contribution in [0.4, 0.5) is 5.69 Å². The molecule has 0 saturated carbocycles. The predicted molar refractivity (Wildman–Crippen MR) is 95.3 cm³/mol. The number of benzene rings is 2. The lowest BCUT2D eigenvalue weighted by molar-refractivity contribution is 0.102. The smallest absolute Gasteiger partial charge is 0.261 e. The number of hydrogen-bond acceptors (Lipinski definition) is 3. The van der Waals surface area contributed by atoms with Crippen LogP contribution in [0.2, 0.25) is 5.02 Å². The quantitative estimate of drug-likeness (QED) is 0.761. The van der Waals surface area contributed by atoms with Crippen LogP contribution in [0, 0.1) is 6.92 Å². The summed E-state index contributed by atoms with van der Waals surface area (Å²) in [5.74, 6) is 0.208. The molecule has 3 aromatic rings. The summed E-state index contributed by atoms with van der Waals surface area (Å²) < 4.78 is 5.07. The fourth-order valence-corrected chi connectivity index (χ4v) is 2.62. The largest absolute Gasteiger partial charge is 0.497 e. The van der Waals surface area contributed by atoms with E-state index >= 15 is 0 Å². The van der Waals surface area contributed by atoms with Crippen LogP contribution in [0.1, 0.15) is 15.9 Å². The van der Waals surface area contributed by atoms with E-state index in [1.165, 1.54) is 6.20 Å². The molecule has 0 saturated heterocycles. The second-order valence-corrected chi connectivity index (χ2v) is 5.72. The molecule has 0 aliphatic heterocycles. The third-order valence-corrected chi connectivity index (χ3v) is 4.25. The van der Waals surface area contributed by atoms with Gasteiger partial charge in [0.05, 0.1) is 12.6 Å². The number of hydrogen-bond donors (Lipinski definition) is 2. The second kappa shape index (κ2) is 6.37. The third-order valence-electron chi connectivity index (χ3n) is 3.84. The van der Waals surface area contributed by atoms with E-state index in [1.807, 2.05) is 6.92 Å². The van der Waals surface area contributed by atoms with Gasteiger partial charge >= 0.3 is 0 Å². The number of aryl methyl sites for hydroxylation is 1. The molecule has 5 nitrogen and oxygen atoms in total. The highest BCUT2D eigenvalue weighted by Crippen LogP contribution is 2.22. The number of amides is 1. The number of carbonyl (C=O) groups excluding carboxylic acids is 1. The molecule has 0 unspecified atom stereocenters. The fraction of sp³-hybridized carbons (Fsp3) is 0.111. The van der Waals surface area contributed by atoms with Gasteiger partial charge in [0.25, 0.3) is 5.91 Å². The van der Waals surface area contributed by atoms with Crippen molar-refractivity contribution in [3.8, 4) is 5.75 Å². The van der Waals surface area contributed by atoms with Crippen molar-refractivity contribution in [2.45, 2.75) is 6.92 Å². The first-order valence-electron chi connectivity index (χ1n) is 7.27. The number of ether oxygens (including phenoxy) is 1. The van der Waals surface area contributed by atoms with Crippen LogP contribution < -0.4 is 15.5 Å². The van der Waals surface area contributed by atoms with Gasteiger partial charge in [0, 0.05) is 22.3 Å². The van der Waals surface area contributed by atoms with Crippen molar-refractivity contribution in [1.82, 2.24) is 4.98 Å². The zero-order valence-corrected chi connectivity index (χ0v) is 13.9. The van der Waals surface area contributed by atoms with Crippen LogP contribution in [-0.4, -0.2) is 18.0 Å². The molecule has 0 fully saturated rings. The molecule has 1 aromatic heterocycles. The minimum absolute atomic E-state index is 0.0417. The minimum Gasteiger partial charge on any atom is -0.497 e. The van der Waals surface area contributed by atoms with Crippen molar-refractivity contribution in [3.05, 3.63) is 69.0 Å². The first kappa shape index (κ1) is 16.1. The molecule has 2 aromatic carbocycles. The number of anilines is 1. The summed E-state index contributed by atoms with van der Waals surface area (Å²) in [4.78, 5) is 28.0. The van der Waals surface area contributed by atoms with Crippen molar-refractivity contribution in [2.24, 2.45) is 0 Å². The predicted octanol–water partition coefficient (Wildman–Crippen LogP) is 3.75. The highest BCUT2D eigenvalue weighted by Gasteiger charge is 2.15. The molecular formula is C18H15ClN2O3. The highest BCUT2D eigenvalue weighted by atomic mass is 35.5. The maximum absolute atomic E-state index is 12.6. The molecule has 3 rings (SSSR count).